The lowest BCUT2D eigenvalue weighted by Crippen LogP contribution is -2.01. The molecule has 0 heterocycles. The van der Waals surface area contributed by atoms with Gasteiger partial charge >= 0.3 is 0 Å². The van der Waals surface area contributed by atoms with Crippen LogP contribution in [-0.4, -0.2) is 5.88 Å². The smallest absolute Gasteiger partial charge is 0.0409 e. The van der Waals surface area contributed by atoms with Crippen LogP contribution in [0, 0.1) is 5.92 Å². The monoisotopic (exact) mass is 280 g/mol. The van der Waals surface area contributed by atoms with Crippen molar-refractivity contribution in [2.75, 3.05) is 5.88 Å². The van der Waals surface area contributed by atoms with Crippen LogP contribution in [0.1, 0.15) is 12.5 Å². The zero-order chi connectivity index (χ0) is 9.84. The third-order valence-corrected chi connectivity index (χ3v) is 3.38. The Kier molecular flexibility index (Phi) is 4.57. The number of benzene rings is 1. The van der Waals surface area contributed by atoms with E-state index in [0.717, 1.165) is 15.9 Å². The molecule has 1 aromatic rings. The summed E-state index contributed by atoms with van der Waals surface area (Å²) >= 11 is 15.1. The maximum Gasteiger partial charge on any atom is 0.0409 e. The first kappa shape index (κ1) is 11.4. The van der Waals surface area contributed by atoms with Crippen LogP contribution in [0.2, 0.25) is 5.02 Å². The number of halogens is 3. The molecule has 0 radical (unpaired) electrons. The van der Waals surface area contributed by atoms with Gasteiger partial charge in [-0.25, -0.2) is 0 Å². The fourth-order valence-corrected chi connectivity index (χ4v) is 1.84. The summed E-state index contributed by atoms with van der Waals surface area (Å²) in [6, 6.07) is 5.83. The maximum absolute atomic E-state index is 5.89. The number of alkyl halides is 1. The van der Waals surface area contributed by atoms with Crippen molar-refractivity contribution in [2.24, 2.45) is 5.92 Å². The van der Waals surface area contributed by atoms with Crippen molar-refractivity contribution >= 4 is 39.1 Å². The molecule has 0 N–H and O–H groups in total. The molecule has 1 rings (SSSR count). The van der Waals surface area contributed by atoms with Crippen molar-refractivity contribution in [1.82, 2.24) is 0 Å². The summed E-state index contributed by atoms with van der Waals surface area (Å²) < 4.78 is 1.11. The topological polar surface area (TPSA) is 0 Å². The molecule has 0 saturated heterocycles. The molecule has 72 valence electrons. The highest BCUT2D eigenvalue weighted by molar-refractivity contribution is 9.10. The summed E-state index contributed by atoms with van der Waals surface area (Å²) in [6.07, 6.45) is 0.963. The molecule has 0 aliphatic carbocycles. The van der Waals surface area contributed by atoms with Gasteiger partial charge in [-0.15, -0.1) is 11.6 Å². The Labute approximate surface area is 97.4 Å². The summed E-state index contributed by atoms with van der Waals surface area (Å²) in [4.78, 5) is 0. The van der Waals surface area contributed by atoms with Crippen molar-refractivity contribution in [2.45, 2.75) is 13.3 Å². The van der Waals surface area contributed by atoms with Gasteiger partial charge < -0.3 is 0 Å². The van der Waals surface area contributed by atoms with E-state index in [4.69, 9.17) is 23.2 Å². The van der Waals surface area contributed by atoms with Gasteiger partial charge in [-0.2, -0.15) is 0 Å². The molecule has 0 aliphatic heterocycles. The quantitative estimate of drug-likeness (QED) is 0.715. The molecule has 1 unspecified atom stereocenters. The Balaban J connectivity index is 2.81. The fraction of sp³-hybridized carbons (Fsp3) is 0.400. The number of hydrogen-bond acceptors (Lipinski definition) is 0. The lowest BCUT2D eigenvalue weighted by Gasteiger charge is -2.09. The van der Waals surface area contributed by atoms with Crippen molar-refractivity contribution in [1.29, 1.82) is 0 Å². The summed E-state index contributed by atoms with van der Waals surface area (Å²) in [5.74, 6) is 1.16. The highest BCUT2D eigenvalue weighted by Gasteiger charge is 2.05. The van der Waals surface area contributed by atoms with Crippen LogP contribution in [0.3, 0.4) is 0 Å². The van der Waals surface area contributed by atoms with Crippen LogP contribution in [0.4, 0.5) is 0 Å². The normalized spacial score (nSPS) is 12.9. The molecule has 0 amide bonds. The summed E-state index contributed by atoms with van der Waals surface area (Å²) in [6.45, 7) is 2.13. The van der Waals surface area contributed by atoms with Gasteiger partial charge in [-0.1, -0.05) is 34.5 Å². The third-order valence-electron chi connectivity index (χ3n) is 1.84. The van der Waals surface area contributed by atoms with Gasteiger partial charge in [0.2, 0.25) is 0 Å². The van der Waals surface area contributed by atoms with E-state index in [1.54, 1.807) is 0 Å². The van der Waals surface area contributed by atoms with Gasteiger partial charge in [0.15, 0.2) is 0 Å². The molecule has 3 heteroatoms. The Hall–Kier alpha value is 0.280. The van der Waals surface area contributed by atoms with E-state index in [1.165, 1.54) is 5.56 Å². The molecule has 13 heavy (non-hydrogen) atoms. The highest BCUT2D eigenvalue weighted by Crippen LogP contribution is 2.23. The first-order valence-electron chi connectivity index (χ1n) is 4.13. The SMILES string of the molecule is CC(CCl)Cc1cc(Cl)ccc1Br. The summed E-state index contributed by atoms with van der Waals surface area (Å²) in [5.41, 5.74) is 1.22. The largest absolute Gasteiger partial charge is 0.126 e. The van der Waals surface area contributed by atoms with E-state index in [9.17, 15) is 0 Å². The zero-order valence-electron chi connectivity index (χ0n) is 7.36. The standard InChI is InChI=1S/C10H11BrCl2/c1-7(6-12)4-8-5-9(13)2-3-10(8)11/h2-3,5,7H,4,6H2,1H3. The van der Waals surface area contributed by atoms with Gasteiger partial charge in [0.25, 0.3) is 0 Å². The number of hydrogen-bond donors (Lipinski definition) is 0. The molecule has 1 atom stereocenters. The molecule has 0 aromatic heterocycles. The second-order valence-electron chi connectivity index (χ2n) is 3.20. The zero-order valence-corrected chi connectivity index (χ0v) is 10.5. The fourth-order valence-electron chi connectivity index (χ4n) is 1.13. The van der Waals surface area contributed by atoms with Crippen molar-refractivity contribution in [3.05, 3.63) is 33.3 Å². The average Bonchev–Trinajstić information content (AvgIpc) is 2.11. The summed E-state index contributed by atoms with van der Waals surface area (Å²) in [7, 11) is 0. The molecule has 0 nitrogen and oxygen atoms in total. The van der Waals surface area contributed by atoms with E-state index >= 15 is 0 Å². The van der Waals surface area contributed by atoms with Crippen LogP contribution in [0.15, 0.2) is 22.7 Å². The van der Waals surface area contributed by atoms with E-state index in [-0.39, 0.29) is 0 Å². The second kappa shape index (κ2) is 5.23. The molecule has 0 bridgehead atoms. The Morgan fingerprint density at radius 3 is 2.77 bits per heavy atom. The number of rotatable bonds is 3. The van der Waals surface area contributed by atoms with E-state index in [2.05, 4.69) is 22.9 Å². The second-order valence-corrected chi connectivity index (χ2v) is 4.80. The lowest BCUT2D eigenvalue weighted by atomic mass is 10.0. The van der Waals surface area contributed by atoms with Gasteiger partial charge in [-0.05, 0) is 36.1 Å². The molecule has 0 spiro atoms. The van der Waals surface area contributed by atoms with Crippen molar-refractivity contribution in [3.63, 3.8) is 0 Å². The summed E-state index contributed by atoms with van der Waals surface area (Å²) in [5, 5.41) is 0.778. The van der Waals surface area contributed by atoms with E-state index in [1.807, 2.05) is 18.2 Å². The lowest BCUT2D eigenvalue weighted by molar-refractivity contribution is 0.653. The first-order valence-corrected chi connectivity index (χ1v) is 5.84. The maximum atomic E-state index is 5.89. The van der Waals surface area contributed by atoms with Gasteiger partial charge in [0.1, 0.15) is 0 Å². The Morgan fingerprint density at radius 1 is 1.46 bits per heavy atom. The van der Waals surface area contributed by atoms with Gasteiger partial charge in [-0.3, -0.25) is 0 Å². The molecule has 0 aliphatic rings. The Bertz CT molecular complexity index is 286. The predicted molar refractivity (Wildman–Crippen MR) is 62.7 cm³/mol. The van der Waals surface area contributed by atoms with E-state index < -0.39 is 0 Å². The van der Waals surface area contributed by atoms with Crippen LogP contribution < -0.4 is 0 Å². The minimum Gasteiger partial charge on any atom is -0.126 e. The molecule has 0 saturated carbocycles. The highest BCUT2D eigenvalue weighted by atomic mass is 79.9. The van der Waals surface area contributed by atoms with Crippen LogP contribution in [0.5, 0.6) is 0 Å². The minimum atomic E-state index is 0.483. The molecular weight excluding hydrogens is 271 g/mol. The molecular formula is C10H11BrCl2. The van der Waals surface area contributed by atoms with Crippen LogP contribution in [-0.2, 0) is 6.42 Å². The average molecular weight is 282 g/mol. The van der Waals surface area contributed by atoms with Crippen LogP contribution >= 0.6 is 39.1 Å². The van der Waals surface area contributed by atoms with E-state index in [0.29, 0.717) is 11.8 Å². The third kappa shape index (κ3) is 3.49. The first-order chi connectivity index (χ1) is 6.13. The Morgan fingerprint density at radius 2 is 2.15 bits per heavy atom. The van der Waals surface area contributed by atoms with Gasteiger partial charge in [0.05, 0.1) is 0 Å². The molecule has 1 aromatic carbocycles. The van der Waals surface area contributed by atoms with Crippen LogP contribution in [0.25, 0.3) is 0 Å². The molecule has 0 fully saturated rings. The van der Waals surface area contributed by atoms with Crippen molar-refractivity contribution < 1.29 is 0 Å². The van der Waals surface area contributed by atoms with Crippen molar-refractivity contribution in [3.8, 4) is 0 Å². The predicted octanol–water partition coefficient (Wildman–Crippen LogP) is 4.52. The van der Waals surface area contributed by atoms with Gasteiger partial charge in [0, 0.05) is 15.4 Å². The minimum absolute atomic E-state index is 0.483.